The van der Waals surface area contributed by atoms with Crippen LogP contribution in [0.15, 0.2) is 35.7 Å². The number of rotatable bonds is 5. The summed E-state index contributed by atoms with van der Waals surface area (Å²) < 4.78 is 37.6. The maximum absolute atomic E-state index is 12.1. The second-order valence-corrected chi connectivity index (χ2v) is 6.25. The lowest BCUT2D eigenvalue weighted by Crippen LogP contribution is -2.06. The van der Waals surface area contributed by atoms with Gasteiger partial charge in [-0.15, -0.1) is 0 Å². The zero-order valence-electron chi connectivity index (χ0n) is 9.83. The summed E-state index contributed by atoms with van der Waals surface area (Å²) >= 11 is 5.65. The molecule has 0 aliphatic rings. The summed E-state index contributed by atoms with van der Waals surface area (Å²) in [5.41, 5.74) is 0.491. The Labute approximate surface area is 115 Å². The zero-order chi connectivity index (χ0) is 13.9. The molecule has 8 heteroatoms. The first-order valence-electron chi connectivity index (χ1n) is 5.43. The smallest absolute Gasteiger partial charge is 0.199 e. The highest BCUT2D eigenvalue weighted by atomic mass is 35.5. The zero-order valence-corrected chi connectivity index (χ0v) is 11.4. The molecular formula is C11H11ClFN3O2S. The Balaban J connectivity index is 2.18. The average Bonchev–Trinajstić information content (AvgIpc) is 2.77. The fraction of sp³-hybridized carbons (Fsp3) is 0.273. The molecule has 0 bridgehead atoms. The highest BCUT2D eigenvalue weighted by Crippen LogP contribution is 2.16. The largest absolute Gasteiger partial charge is 0.270 e. The Hall–Kier alpha value is -1.47. The van der Waals surface area contributed by atoms with E-state index >= 15 is 0 Å². The molecule has 0 radical (unpaired) electrons. The molecule has 5 nitrogen and oxygen atoms in total. The Bertz CT molecular complexity index is 655. The second-order valence-electron chi connectivity index (χ2n) is 3.87. The van der Waals surface area contributed by atoms with E-state index in [-0.39, 0.29) is 17.3 Å². The monoisotopic (exact) mass is 303 g/mol. The summed E-state index contributed by atoms with van der Waals surface area (Å²) in [6.45, 7) is -0.439. The van der Waals surface area contributed by atoms with Crippen LogP contribution in [0, 0.1) is 0 Å². The van der Waals surface area contributed by atoms with Gasteiger partial charge in [0, 0.05) is 18.0 Å². The SMILES string of the molecule is O=S(=O)(Cc1cnn(CCF)c1)c1ccc(Cl)cn1. The molecule has 0 atom stereocenters. The molecule has 0 fully saturated rings. The first kappa shape index (κ1) is 14.0. The van der Waals surface area contributed by atoms with Gasteiger partial charge in [0.1, 0.15) is 6.67 Å². The van der Waals surface area contributed by atoms with Gasteiger partial charge in [0.15, 0.2) is 14.9 Å². The molecule has 0 spiro atoms. The lowest BCUT2D eigenvalue weighted by molar-refractivity contribution is 0.427. The van der Waals surface area contributed by atoms with Crippen molar-refractivity contribution in [3.63, 3.8) is 0 Å². The second kappa shape index (κ2) is 5.66. The fourth-order valence-corrected chi connectivity index (χ4v) is 2.87. The Kier molecular flexibility index (Phi) is 4.16. The van der Waals surface area contributed by atoms with Gasteiger partial charge in [0.25, 0.3) is 0 Å². The maximum atomic E-state index is 12.1. The van der Waals surface area contributed by atoms with E-state index in [0.29, 0.717) is 10.6 Å². The summed E-state index contributed by atoms with van der Waals surface area (Å²) in [6.07, 6.45) is 4.19. The molecule has 0 aromatic carbocycles. The third-order valence-corrected chi connectivity index (χ3v) is 4.19. The van der Waals surface area contributed by atoms with Gasteiger partial charge in [-0.3, -0.25) is 4.68 Å². The van der Waals surface area contributed by atoms with Crippen molar-refractivity contribution < 1.29 is 12.8 Å². The predicted octanol–water partition coefficient (Wildman–Crippen LogP) is 1.87. The molecule has 102 valence electrons. The molecule has 0 saturated heterocycles. The molecule has 2 aromatic rings. The van der Waals surface area contributed by atoms with Crippen LogP contribution < -0.4 is 0 Å². The highest BCUT2D eigenvalue weighted by molar-refractivity contribution is 7.90. The molecular weight excluding hydrogens is 293 g/mol. The van der Waals surface area contributed by atoms with Gasteiger partial charge in [-0.2, -0.15) is 5.10 Å². The quantitative estimate of drug-likeness (QED) is 0.846. The minimum Gasteiger partial charge on any atom is -0.270 e. The summed E-state index contributed by atoms with van der Waals surface area (Å²) in [7, 11) is -3.55. The van der Waals surface area contributed by atoms with Gasteiger partial charge in [-0.05, 0) is 12.1 Å². The number of sulfone groups is 1. The number of halogens is 2. The molecule has 0 amide bonds. The maximum Gasteiger partial charge on any atom is 0.199 e. The van der Waals surface area contributed by atoms with Crippen molar-refractivity contribution >= 4 is 21.4 Å². The fourth-order valence-electron chi connectivity index (χ4n) is 1.53. The molecule has 2 heterocycles. The van der Waals surface area contributed by atoms with Crippen LogP contribution in [0.5, 0.6) is 0 Å². The minimum absolute atomic E-state index is 0.0462. The van der Waals surface area contributed by atoms with E-state index in [4.69, 9.17) is 11.6 Å². The van der Waals surface area contributed by atoms with E-state index in [0.717, 1.165) is 0 Å². The van der Waals surface area contributed by atoms with Crippen LogP contribution in [-0.4, -0.2) is 29.9 Å². The Morgan fingerprint density at radius 2 is 2.11 bits per heavy atom. The molecule has 19 heavy (non-hydrogen) atoms. The summed E-state index contributed by atoms with van der Waals surface area (Å²) in [5.74, 6) is -0.228. The number of aryl methyl sites for hydroxylation is 1. The van der Waals surface area contributed by atoms with E-state index in [2.05, 4.69) is 10.1 Å². The third-order valence-electron chi connectivity index (χ3n) is 2.38. The van der Waals surface area contributed by atoms with E-state index in [1.807, 2.05) is 0 Å². The summed E-state index contributed by atoms with van der Waals surface area (Å²) in [6, 6.07) is 2.82. The van der Waals surface area contributed by atoms with Crippen LogP contribution in [0.2, 0.25) is 5.02 Å². The van der Waals surface area contributed by atoms with Gasteiger partial charge < -0.3 is 0 Å². The minimum atomic E-state index is -3.55. The molecule has 0 unspecified atom stereocenters. The van der Waals surface area contributed by atoms with Crippen LogP contribution in [0.1, 0.15) is 5.56 Å². The molecule has 0 aliphatic carbocycles. The van der Waals surface area contributed by atoms with Crippen LogP contribution in [0.4, 0.5) is 4.39 Å². The van der Waals surface area contributed by atoms with Crippen LogP contribution in [-0.2, 0) is 22.1 Å². The lowest BCUT2D eigenvalue weighted by atomic mass is 10.4. The first-order chi connectivity index (χ1) is 9.01. The molecule has 0 saturated carbocycles. The summed E-state index contributed by atoms with van der Waals surface area (Å²) in [4.78, 5) is 3.78. The topological polar surface area (TPSA) is 64.8 Å². The van der Waals surface area contributed by atoms with Crippen molar-refractivity contribution in [1.82, 2.24) is 14.8 Å². The van der Waals surface area contributed by atoms with Gasteiger partial charge in [0.05, 0.1) is 23.5 Å². The normalized spacial score (nSPS) is 11.7. The number of aromatic nitrogens is 3. The van der Waals surface area contributed by atoms with E-state index in [1.54, 1.807) is 0 Å². The van der Waals surface area contributed by atoms with Crippen molar-refractivity contribution in [2.24, 2.45) is 0 Å². The number of hydrogen-bond donors (Lipinski definition) is 0. The standard InChI is InChI=1S/C11H11ClFN3O2S/c12-10-1-2-11(14-6-10)19(17,18)8-9-5-15-16(7-9)4-3-13/h1-2,5-7H,3-4,8H2. The molecule has 2 aromatic heterocycles. The first-order valence-corrected chi connectivity index (χ1v) is 7.46. The highest BCUT2D eigenvalue weighted by Gasteiger charge is 2.17. The van der Waals surface area contributed by atoms with Crippen LogP contribution in [0.3, 0.4) is 0 Å². The molecule has 0 aliphatic heterocycles. The van der Waals surface area contributed by atoms with Crippen molar-refractivity contribution in [1.29, 1.82) is 0 Å². The average molecular weight is 304 g/mol. The van der Waals surface area contributed by atoms with E-state index < -0.39 is 16.5 Å². The summed E-state index contributed by atoms with van der Waals surface area (Å²) in [5, 5.41) is 4.19. The number of alkyl halides is 1. The number of pyridine rings is 1. The molecule has 2 rings (SSSR count). The lowest BCUT2D eigenvalue weighted by Gasteiger charge is -2.01. The third kappa shape index (κ3) is 3.51. The van der Waals surface area contributed by atoms with Gasteiger partial charge in [-0.1, -0.05) is 11.6 Å². The van der Waals surface area contributed by atoms with Crippen molar-refractivity contribution in [3.8, 4) is 0 Å². The van der Waals surface area contributed by atoms with Crippen molar-refractivity contribution in [2.45, 2.75) is 17.3 Å². The molecule has 0 N–H and O–H groups in total. The Morgan fingerprint density at radius 3 is 2.74 bits per heavy atom. The van der Waals surface area contributed by atoms with Crippen LogP contribution in [0.25, 0.3) is 0 Å². The van der Waals surface area contributed by atoms with Crippen molar-refractivity contribution in [2.75, 3.05) is 6.67 Å². The van der Waals surface area contributed by atoms with E-state index in [1.165, 1.54) is 35.4 Å². The Morgan fingerprint density at radius 1 is 1.32 bits per heavy atom. The van der Waals surface area contributed by atoms with Gasteiger partial charge in [0.2, 0.25) is 0 Å². The van der Waals surface area contributed by atoms with Crippen molar-refractivity contribution in [3.05, 3.63) is 41.3 Å². The van der Waals surface area contributed by atoms with E-state index in [9.17, 15) is 12.8 Å². The predicted molar refractivity (Wildman–Crippen MR) is 68.3 cm³/mol. The van der Waals surface area contributed by atoms with Gasteiger partial charge >= 0.3 is 0 Å². The number of nitrogens with zero attached hydrogens (tertiary/aromatic N) is 3. The number of hydrogen-bond acceptors (Lipinski definition) is 4. The van der Waals surface area contributed by atoms with Crippen LogP contribution >= 0.6 is 11.6 Å². The van der Waals surface area contributed by atoms with Gasteiger partial charge in [-0.25, -0.2) is 17.8 Å².